The molecule has 0 atom stereocenters. The van der Waals surface area contributed by atoms with Gasteiger partial charge in [0, 0.05) is 25.7 Å². The highest BCUT2D eigenvalue weighted by Crippen LogP contribution is 2.12. The standard InChI is InChI=1S/C7H9NO4.C3H6O2.C2H6O2/c1-2-7(11)12-8-5(9)3-4-6(8)10;1-2-3(4)5;3-1-2-4/h2-4H2,1H3;2H2,1H3,(H,4,5);3-4H,1-2H2. The van der Waals surface area contributed by atoms with E-state index in [1.807, 2.05) is 0 Å². The molecule has 1 aliphatic rings. The fourth-order valence-corrected chi connectivity index (χ4v) is 0.824. The van der Waals surface area contributed by atoms with Crippen LogP contribution in [0, 0.1) is 0 Å². The Morgan fingerprint density at radius 1 is 1.05 bits per heavy atom. The minimum absolute atomic E-state index is 0.125. The molecular weight excluding hydrogens is 286 g/mol. The van der Waals surface area contributed by atoms with Gasteiger partial charge in [-0.15, -0.1) is 5.06 Å². The number of hydroxylamine groups is 2. The van der Waals surface area contributed by atoms with Gasteiger partial charge < -0.3 is 20.2 Å². The third-order valence-corrected chi connectivity index (χ3v) is 1.89. The summed E-state index contributed by atoms with van der Waals surface area (Å²) in [7, 11) is 0. The Morgan fingerprint density at radius 3 is 1.67 bits per heavy atom. The number of aliphatic carboxylic acids is 1. The fraction of sp³-hybridized carbons (Fsp3) is 0.667. The van der Waals surface area contributed by atoms with Gasteiger partial charge in [-0.05, 0) is 0 Å². The first kappa shape index (κ1) is 21.3. The number of carboxylic acid groups (broad SMARTS) is 1. The minimum atomic E-state index is -0.745. The monoisotopic (exact) mass is 307 g/mol. The van der Waals surface area contributed by atoms with E-state index in [9.17, 15) is 19.2 Å². The van der Waals surface area contributed by atoms with E-state index in [4.69, 9.17) is 15.3 Å². The van der Waals surface area contributed by atoms with Crippen LogP contribution in [0.15, 0.2) is 0 Å². The molecule has 0 unspecified atom stereocenters. The van der Waals surface area contributed by atoms with Gasteiger partial charge in [-0.25, -0.2) is 4.79 Å². The number of carbonyl (C=O) groups is 4. The summed E-state index contributed by atoms with van der Waals surface area (Å²) in [4.78, 5) is 46.3. The van der Waals surface area contributed by atoms with Gasteiger partial charge in [0.15, 0.2) is 0 Å². The number of rotatable bonds is 4. The average molecular weight is 307 g/mol. The summed E-state index contributed by atoms with van der Waals surface area (Å²) in [5.74, 6) is -2.20. The van der Waals surface area contributed by atoms with Crippen LogP contribution in [0.4, 0.5) is 0 Å². The van der Waals surface area contributed by atoms with E-state index in [0.717, 1.165) is 0 Å². The topological polar surface area (TPSA) is 141 Å². The first-order valence-electron chi connectivity index (χ1n) is 6.33. The number of aliphatic hydroxyl groups excluding tert-OH is 2. The zero-order valence-corrected chi connectivity index (χ0v) is 12.1. The second-order valence-electron chi connectivity index (χ2n) is 3.59. The second kappa shape index (κ2) is 13.0. The molecule has 0 bridgehead atoms. The molecule has 0 aromatic heterocycles. The highest BCUT2D eigenvalue weighted by molar-refractivity contribution is 6.01. The maximum absolute atomic E-state index is 10.9. The zero-order valence-electron chi connectivity index (χ0n) is 12.1. The smallest absolute Gasteiger partial charge is 0.332 e. The number of imide groups is 1. The van der Waals surface area contributed by atoms with Gasteiger partial charge in [-0.2, -0.15) is 0 Å². The molecule has 3 N–H and O–H groups in total. The van der Waals surface area contributed by atoms with Crippen molar-refractivity contribution in [3.05, 3.63) is 0 Å². The highest BCUT2D eigenvalue weighted by Gasteiger charge is 2.32. The number of aliphatic hydroxyl groups is 2. The number of amides is 2. The lowest BCUT2D eigenvalue weighted by Crippen LogP contribution is -2.31. The molecule has 1 fully saturated rings. The van der Waals surface area contributed by atoms with Gasteiger partial charge >= 0.3 is 11.9 Å². The van der Waals surface area contributed by atoms with Crippen LogP contribution in [0.2, 0.25) is 0 Å². The summed E-state index contributed by atoms with van der Waals surface area (Å²) < 4.78 is 0. The molecule has 1 rings (SSSR count). The van der Waals surface area contributed by atoms with E-state index in [2.05, 4.69) is 4.84 Å². The molecule has 0 radical (unpaired) electrons. The summed E-state index contributed by atoms with van der Waals surface area (Å²) in [6.07, 6.45) is 0.642. The molecule has 9 heteroatoms. The number of carbonyl (C=O) groups excluding carboxylic acids is 3. The first-order valence-corrected chi connectivity index (χ1v) is 6.33. The van der Waals surface area contributed by atoms with Crippen molar-refractivity contribution in [2.24, 2.45) is 0 Å². The largest absolute Gasteiger partial charge is 0.481 e. The van der Waals surface area contributed by atoms with Gasteiger partial charge in [0.1, 0.15) is 0 Å². The summed E-state index contributed by atoms with van der Waals surface area (Å²) in [5.41, 5.74) is 0. The number of hydrogen-bond donors (Lipinski definition) is 3. The lowest BCUT2D eigenvalue weighted by molar-refractivity contribution is -0.197. The van der Waals surface area contributed by atoms with E-state index >= 15 is 0 Å². The maximum Gasteiger partial charge on any atom is 0.332 e. The third-order valence-electron chi connectivity index (χ3n) is 1.89. The van der Waals surface area contributed by atoms with Gasteiger partial charge in [-0.3, -0.25) is 14.4 Å². The normalized spacial score (nSPS) is 12.9. The van der Waals surface area contributed by atoms with Crippen LogP contribution < -0.4 is 0 Å². The van der Waals surface area contributed by atoms with Crippen molar-refractivity contribution in [2.75, 3.05) is 13.2 Å². The van der Waals surface area contributed by atoms with E-state index in [0.29, 0.717) is 5.06 Å². The SMILES string of the molecule is CCC(=O)O.CCC(=O)ON1C(=O)CCC1=O.OCCO. The minimum Gasteiger partial charge on any atom is -0.481 e. The summed E-state index contributed by atoms with van der Waals surface area (Å²) in [6.45, 7) is 2.94. The van der Waals surface area contributed by atoms with Gasteiger partial charge in [0.05, 0.1) is 13.2 Å². The van der Waals surface area contributed by atoms with Gasteiger partial charge in [0.2, 0.25) is 0 Å². The van der Waals surface area contributed by atoms with Crippen LogP contribution >= 0.6 is 0 Å². The Balaban J connectivity index is 0. The maximum atomic E-state index is 10.9. The highest BCUT2D eigenvalue weighted by atomic mass is 16.7. The van der Waals surface area contributed by atoms with Crippen molar-refractivity contribution in [3.63, 3.8) is 0 Å². The van der Waals surface area contributed by atoms with Crippen molar-refractivity contribution < 1.29 is 39.3 Å². The van der Waals surface area contributed by atoms with E-state index in [1.165, 1.54) is 0 Å². The van der Waals surface area contributed by atoms with Crippen LogP contribution in [0.1, 0.15) is 39.5 Å². The van der Waals surface area contributed by atoms with Crippen molar-refractivity contribution >= 4 is 23.8 Å². The van der Waals surface area contributed by atoms with Crippen LogP contribution in [-0.4, -0.2) is 57.3 Å². The van der Waals surface area contributed by atoms with Crippen molar-refractivity contribution in [2.45, 2.75) is 39.5 Å². The summed E-state index contributed by atoms with van der Waals surface area (Å²) in [6, 6.07) is 0. The Morgan fingerprint density at radius 2 is 1.43 bits per heavy atom. The van der Waals surface area contributed by atoms with Crippen LogP contribution in [0.25, 0.3) is 0 Å². The fourth-order valence-electron chi connectivity index (χ4n) is 0.824. The van der Waals surface area contributed by atoms with E-state index in [-0.39, 0.29) is 38.9 Å². The van der Waals surface area contributed by atoms with E-state index in [1.54, 1.807) is 13.8 Å². The molecule has 2 amide bonds. The molecule has 1 aliphatic heterocycles. The molecule has 1 heterocycles. The lowest BCUT2D eigenvalue weighted by atomic mass is 10.4. The Kier molecular flexibility index (Phi) is 13.2. The molecule has 9 nitrogen and oxygen atoms in total. The summed E-state index contributed by atoms with van der Waals surface area (Å²) >= 11 is 0. The molecular formula is C12H21NO8. The van der Waals surface area contributed by atoms with Gasteiger partial charge in [-0.1, -0.05) is 13.8 Å². The molecule has 0 aliphatic carbocycles. The predicted molar refractivity (Wildman–Crippen MR) is 69.6 cm³/mol. The quantitative estimate of drug-likeness (QED) is 0.588. The molecule has 0 saturated carbocycles. The van der Waals surface area contributed by atoms with Crippen molar-refractivity contribution in [1.29, 1.82) is 0 Å². The predicted octanol–water partition coefficient (Wildman–Crippen LogP) is -0.544. The number of carboxylic acids is 1. The number of nitrogens with zero attached hydrogens (tertiary/aromatic N) is 1. The number of hydrogen-bond acceptors (Lipinski definition) is 7. The first-order chi connectivity index (χ1) is 9.83. The summed E-state index contributed by atoms with van der Waals surface area (Å²) in [5, 5.41) is 23.5. The molecule has 0 aromatic rings. The second-order valence-corrected chi connectivity index (χ2v) is 3.59. The Labute approximate surface area is 122 Å². The molecule has 1 saturated heterocycles. The van der Waals surface area contributed by atoms with Crippen molar-refractivity contribution in [3.8, 4) is 0 Å². The van der Waals surface area contributed by atoms with Crippen LogP contribution in [-0.2, 0) is 24.0 Å². The van der Waals surface area contributed by atoms with E-state index < -0.39 is 23.8 Å². The third kappa shape index (κ3) is 11.5. The molecule has 122 valence electrons. The van der Waals surface area contributed by atoms with Crippen LogP contribution in [0.5, 0.6) is 0 Å². The molecule has 0 aromatic carbocycles. The average Bonchev–Trinajstić information content (AvgIpc) is 2.79. The Hall–Kier alpha value is -2.00. The molecule has 21 heavy (non-hydrogen) atoms. The Bertz CT molecular complexity index is 337. The van der Waals surface area contributed by atoms with Gasteiger partial charge in [0.25, 0.3) is 11.8 Å². The zero-order chi connectivity index (χ0) is 16.8. The van der Waals surface area contributed by atoms with Crippen molar-refractivity contribution in [1.82, 2.24) is 5.06 Å². The molecule has 0 spiro atoms. The lowest BCUT2D eigenvalue weighted by Gasteiger charge is -2.10. The van der Waals surface area contributed by atoms with Crippen LogP contribution in [0.3, 0.4) is 0 Å².